The average Bonchev–Trinajstić information content (AvgIpc) is 3.02. The van der Waals surface area contributed by atoms with Crippen LogP contribution in [0.5, 0.6) is 5.75 Å². The summed E-state index contributed by atoms with van der Waals surface area (Å²) < 4.78 is 13.7. The molecule has 1 aromatic heterocycles. The van der Waals surface area contributed by atoms with Gasteiger partial charge < -0.3 is 14.0 Å². The van der Waals surface area contributed by atoms with Crippen molar-refractivity contribution in [2.75, 3.05) is 27.1 Å². The van der Waals surface area contributed by atoms with Gasteiger partial charge in [0.15, 0.2) is 4.80 Å². The van der Waals surface area contributed by atoms with E-state index in [2.05, 4.69) is 4.99 Å². The van der Waals surface area contributed by atoms with Crippen LogP contribution in [0, 0.1) is 0 Å². The summed E-state index contributed by atoms with van der Waals surface area (Å²) in [4.78, 5) is 18.9. The summed E-state index contributed by atoms with van der Waals surface area (Å²) in [5, 5.41) is 0. The lowest BCUT2D eigenvalue weighted by Crippen LogP contribution is -2.19. The van der Waals surface area contributed by atoms with Crippen LogP contribution in [0.15, 0.2) is 52.4 Å². The van der Waals surface area contributed by atoms with E-state index in [1.165, 1.54) is 11.3 Å². The van der Waals surface area contributed by atoms with Crippen molar-refractivity contribution in [1.29, 1.82) is 0 Å². The third-order valence-corrected chi connectivity index (χ3v) is 5.73. The molecule has 7 heteroatoms. The number of nitrogens with zero attached hydrogens (tertiary/aromatic N) is 2. The van der Waals surface area contributed by atoms with Crippen molar-refractivity contribution >= 4 is 39.2 Å². The largest absolute Gasteiger partial charge is 0.496 e. The summed E-state index contributed by atoms with van der Waals surface area (Å²) in [5.41, 5.74) is 1.51. The Kier molecular flexibility index (Phi) is 6.13. The van der Waals surface area contributed by atoms with Crippen LogP contribution in [-0.2, 0) is 11.3 Å². The molecule has 136 valence electrons. The second-order valence-corrected chi connectivity index (χ2v) is 7.37. The van der Waals surface area contributed by atoms with Gasteiger partial charge in [-0.2, -0.15) is 4.99 Å². The maximum absolute atomic E-state index is 12.8. The first-order chi connectivity index (χ1) is 12.7. The minimum Gasteiger partial charge on any atom is -0.496 e. The van der Waals surface area contributed by atoms with Gasteiger partial charge in [-0.05, 0) is 36.6 Å². The van der Waals surface area contributed by atoms with Crippen LogP contribution in [0.4, 0.5) is 0 Å². The quantitative estimate of drug-likeness (QED) is 0.603. The first-order valence-electron chi connectivity index (χ1n) is 8.06. The maximum atomic E-state index is 12.8. The van der Waals surface area contributed by atoms with Crippen LogP contribution in [0.1, 0.15) is 10.4 Å². The third kappa shape index (κ3) is 3.85. The number of ether oxygens (including phenoxy) is 2. The molecule has 0 aliphatic rings. The van der Waals surface area contributed by atoms with Crippen molar-refractivity contribution in [3.63, 3.8) is 0 Å². The average molecular weight is 389 g/mol. The zero-order valence-electron chi connectivity index (χ0n) is 14.9. The topological polar surface area (TPSA) is 52.8 Å². The molecule has 1 amide bonds. The summed E-state index contributed by atoms with van der Waals surface area (Å²) in [6.07, 6.45) is 1.98. The molecule has 0 radical (unpaired) electrons. The van der Waals surface area contributed by atoms with E-state index in [4.69, 9.17) is 9.47 Å². The Hall–Kier alpha value is -2.09. The number of benzene rings is 2. The molecule has 26 heavy (non-hydrogen) atoms. The van der Waals surface area contributed by atoms with Crippen LogP contribution < -0.4 is 9.54 Å². The highest BCUT2D eigenvalue weighted by Crippen LogP contribution is 2.26. The van der Waals surface area contributed by atoms with Gasteiger partial charge in [0.1, 0.15) is 5.75 Å². The normalized spacial score (nSPS) is 11.9. The molecule has 0 unspecified atom stereocenters. The highest BCUT2D eigenvalue weighted by atomic mass is 32.2. The van der Waals surface area contributed by atoms with Crippen LogP contribution >= 0.6 is 23.1 Å². The number of hydrogen-bond acceptors (Lipinski definition) is 5. The molecule has 3 rings (SSSR count). The summed E-state index contributed by atoms with van der Waals surface area (Å²) in [5.74, 6) is 0.224. The molecule has 0 aliphatic heterocycles. The zero-order chi connectivity index (χ0) is 18.5. The number of thioether (sulfide) groups is 1. The fourth-order valence-corrected chi connectivity index (χ4v) is 4.11. The van der Waals surface area contributed by atoms with Crippen molar-refractivity contribution in [3.8, 4) is 5.75 Å². The molecule has 0 N–H and O–H groups in total. The summed E-state index contributed by atoms with van der Waals surface area (Å²) in [6.45, 7) is 1.18. The molecule has 0 saturated carbocycles. The van der Waals surface area contributed by atoms with Gasteiger partial charge in [0.2, 0.25) is 0 Å². The lowest BCUT2D eigenvalue weighted by molar-refractivity contribution is 0.0994. The maximum Gasteiger partial charge on any atom is 0.283 e. The van der Waals surface area contributed by atoms with Gasteiger partial charge in [-0.15, -0.1) is 11.8 Å². The number of carbonyl (C=O) groups is 1. The predicted octanol–water partition coefficient (Wildman–Crippen LogP) is 3.82. The molecule has 1 heterocycles. The molecular weight excluding hydrogens is 368 g/mol. The molecule has 0 bridgehead atoms. The second kappa shape index (κ2) is 8.53. The number of fused-ring (bicyclic) bond motifs is 1. The number of carbonyl (C=O) groups excluding carboxylic acids is 1. The molecule has 0 aliphatic carbocycles. The summed E-state index contributed by atoms with van der Waals surface area (Å²) >= 11 is 3.09. The van der Waals surface area contributed by atoms with Crippen molar-refractivity contribution in [2.24, 2.45) is 4.99 Å². The Morgan fingerprint density at radius 1 is 1.23 bits per heavy atom. The van der Waals surface area contributed by atoms with Crippen molar-refractivity contribution in [3.05, 3.63) is 52.8 Å². The molecule has 5 nitrogen and oxygen atoms in total. The monoisotopic (exact) mass is 388 g/mol. The Balaban J connectivity index is 2.08. The molecule has 3 aromatic rings. The molecule has 0 fully saturated rings. The van der Waals surface area contributed by atoms with Crippen LogP contribution in [0.3, 0.4) is 0 Å². The number of amides is 1. The van der Waals surface area contributed by atoms with Gasteiger partial charge >= 0.3 is 0 Å². The van der Waals surface area contributed by atoms with Gasteiger partial charge in [0.05, 0.1) is 29.5 Å². The van der Waals surface area contributed by atoms with E-state index in [1.54, 1.807) is 32.0 Å². The van der Waals surface area contributed by atoms with Crippen LogP contribution in [0.25, 0.3) is 10.2 Å². The van der Waals surface area contributed by atoms with E-state index >= 15 is 0 Å². The first kappa shape index (κ1) is 18.7. The SMILES string of the molecule is COCCn1/c(=N/C(=O)c2ccc(SC)cc2OC)sc2ccccc21. The molecule has 2 aromatic carbocycles. The van der Waals surface area contributed by atoms with E-state index in [0.29, 0.717) is 29.3 Å². The van der Waals surface area contributed by atoms with Gasteiger partial charge in [-0.25, -0.2) is 0 Å². The van der Waals surface area contributed by atoms with Gasteiger partial charge in [0, 0.05) is 18.6 Å². The van der Waals surface area contributed by atoms with Gasteiger partial charge in [-0.1, -0.05) is 23.5 Å². The summed E-state index contributed by atoms with van der Waals surface area (Å²) in [6, 6.07) is 13.5. The number of hydrogen-bond donors (Lipinski definition) is 0. The molecule has 0 spiro atoms. The highest BCUT2D eigenvalue weighted by Gasteiger charge is 2.14. The molecule has 0 atom stereocenters. The van der Waals surface area contributed by atoms with Gasteiger partial charge in [-0.3, -0.25) is 4.79 Å². The number of thiazole rings is 1. The Morgan fingerprint density at radius 3 is 2.77 bits per heavy atom. The first-order valence-corrected chi connectivity index (χ1v) is 10.1. The van der Waals surface area contributed by atoms with Crippen LogP contribution in [-0.4, -0.2) is 37.6 Å². The standard InChI is InChI=1S/C19H20N2O3S2/c1-23-11-10-21-15-6-4-5-7-17(15)26-19(21)20-18(22)14-9-8-13(25-3)12-16(14)24-2/h4-9,12H,10-11H2,1-3H3/b20-19-. The lowest BCUT2D eigenvalue weighted by atomic mass is 10.2. The van der Waals surface area contributed by atoms with Crippen molar-refractivity contribution < 1.29 is 14.3 Å². The van der Waals surface area contributed by atoms with E-state index in [0.717, 1.165) is 15.1 Å². The minimum absolute atomic E-state index is 0.313. The number of aromatic nitrogens is 1. The molecule has 0 saturated heterocycles. The smallest absolute Gasteiger partial charge is 0.283 e. The Morgan fingerprint density at radius 2 is 2.04 bits per heavy atom. The number of rotatable bonds is 6. The predicted molar refractivity (Wildman–Crippen MR) is 106 cm³/mol. The van der Waals surface area contributed by atoms with Crippen molar-refractivity contribution in [1.82, 2.24) is 4.57 Å². The van der Waals surface area contributed by atoms with E-state index in [9.17, 15) is 4.79 Å². The Labute approximate surface area is 160 Å². The van der Waals surface area contributed by atoms with E-state index in [1.807, 2.05) is 47.2 Å². The fourth-order valence-electron chi connectivity index (χ4n) is 2.63. The second-order valence-electron chi connectivity index (χ2n) is 5.48. The van der Waals surface area contributed by atoms with Crippen molar-refractivity contribution in [2.45, 2.75) is 11.4 Å². The highest BCUT2D eigenvalue weighted by molar-refractivity contribution is 7.98. The fraction of sp³-hybridized carbons (Fsp3) is 0.263. The lowest BCUT2D eigenvalue weighted by Gasteiger charge is -2.07. The molecular formula is C19H20N2O3S2. The number of methoxy groups -OCH3 is 2. The van der Waals surface area contributed by atoms with Gasteiger partial charge in [0.25, 0.3) is 5.91 Å². The Bertz CT molecular complexity index is 992. The number of para-hydroxylation sites is 1. The van der Waals surface area contributed by atoms with E-state index in [-0.39, 0.29) is 5.91 Å². The van der Waals surface area contributed by atoms with Crippen LogP contribution in [0.2, 0.25) is 0 Å². The van der Waals surface area contributed by atoms with E-state index < -0.39 is 0 Å². The summed E-state index contributed by atoms with van der Waals surface area (Å²) in [7, 11) is 3.23. The zero-order valence-corrected chi connectivity index (χ0v) is 16.5. The third-order valence-electron chi connectivity index (χ3n) is 3.94. The minimum atomic E-state index is -0.313.